The molecular weight excluding hydrogens is 280 g/mol. The summed E-state index contributed by atoms with van der Waals surface area (Å²) in [5.74, 6) is 1.56. The average molecular weight is 298 g/mol. The Labute approximate surface area is 128 Å². The maximum absolute atomic E-state index is 11.3. The standard InChI is InChI=1S/C16H18N4O2/c1-11-15(18-16(21)20-19-11)17-12-7-9-14(10-8-12)22-13-5-3-2-4-6-13/h2-11,15,17,19H,1H3,(H2,18,20,21). The van der Waals surface area contributed by atoms with Gasteiger partial charge in [0.2, 0.25) is 0 Å². The maximum Gasteiger partial charge on any atom is 0.330 e. The maximum atomic E-state index is 11.3. The van der Waals surface area contributed by atoms with Gasteiger partial charge in [0, 0.05) is 5.69 Å². The number of urea groups is 1. The van der Waals surface area contributed by atoms with E-state index in [1.54, 1.807) is 0 Å². The number of carbonyl (C=O) groups is 1. The highest BCUT2D eigenvalue weighted by Crippen LogP contribution is 2.23. The molecule has 0 bridgehead atoms. The lowest BCUT2D eigenvalue weighted by Crippen LogP contribution is -2.65. The zero-order valence-electron chi connectivity index (χ0n) is 12.2. The van der Waals surface area contributed by atoms with Crippen LogP contribution >= 0.6 is 0 Å². The number of nitrogens with one attached hydrogen (secondary N) is 4. The Morgan fingerprint density at radius 2 is 1.68 bits per heavy atom. The molecule has 2 unspecified atom stereocenters. The lowest BCUT2D eigenvalue weighted by Gasteiger charge is -2.32. The molecule has 2 aromatic carbocycles. The van der Waals surface area contributed by atoms with Crippen molar-refractivity contribution in [3.05, 3.63) is 54.6 Å². The fourth-order valence-electron chi connectivity index (χ4n) is 2.15. The van der Waals surface area contributed by atoms with Crippen molar-refractivity contribution in [2.45, 2.75) is 19.1 Å². The first-order chi connectivity index (χ1) is 10.7. The summed E-state index contributed by atoms with van der Waals surface area (Å²) in [7, 11) is 0. The summed E-state index contributed by atoms with van der Waals surface area (Å²) in [6.45, 7) is 1.97. The number of hydrogen-bond donors (Lipinski definition) is 4. The third kappa shape index (κ3) is 3.48. The van der Waals surface area contributed by atoms with Crippen LogP contribution in [0.5, 0.6) is 11.5 Å². The first-order valence-electron chi connectivity index (χ1n) is 7.12. The second-order valence-electron chi connectivity index (χ2n) is 5.09. The molecule has 0 aliphatic carbocycles. The Balaban J connectivity index is 1.63. The topological polar surface area (TPSA) is 74.4 Å². The first-order valence-corrected chi connectivity index (χ1v) is 7.12. The molecule has 1 aliphatic heterocycles. The van der Waals surface area contributed by atoms with E-state index in [2.05, 4.69) is 21.5 Å². The molecular formula is C16H18N4O2. The smallest absolute Gasteiger partial charge is 0.330 e. The summed E-state index contributed by atoms with van der Waals surface area (Å²) < 4.78 is 5.74. The quantitative estimate of drug-likeness (QED) is 0.699. The van der Waals surface area contributed by atoms with Gasteiger partial charge in [-0.3, -0.25) is 5.43 Å². The number of hydrogen-bond acceptors (Lipinski definition) is 4. The molecule has 22 heavy (non-hydrogen) atoms. The number of rotatable bonds is 4. The summed E-state index contributed by atoms with van der Waals surface area (Å²) in [5, 5.41) is 6.08. The summed E-state index contributed by atoms with van der Waals surface area (Å²) in [4.78, 5) is 11.3. The van der Waals surface area contributed by atoms with Gasteiger partial charge < -0.3 is 15.4 Å². The van der Waals surface area contributed by atoms with Crippen molar-refractivity contribution in [2.75, 3.05) is 5.32 Å². The molecule has 1 aliphatic rings. The first kappa shape index (κ1) is 14.2. The van der Waals surface area contributed by atoms with Crippen LogP contribution in [0.25, 0.3) is 0 Å². The molecule has 0 saturated carbocycles. The Morgan fingerprint density at radius 3 is 2.41 bits per heavy atom. The van der Waals surface area contributed by atoms with Gasteiger partial charge in [0.15, 0.2) is 0 Å². The van der Waals surface area contributed by atoms with E-state index in [0.29, 0.717) is 0 Å². The van der Waals surface area contributed by atoms with Crippen molar-refractivity contribution < 1.29 is 9.53 Å². The van der Waals surface area contributed by atoms with Crippen LogP contribution in [0.15, 0.2) is 54.6 Å². The fourth-order valence-corrected chi connectivity index (χ4v) is 2.15. The van der Waals surface area contributed by atoms with Crippen LogP contribution in [0.3, 0.4) is 0 Å². The molecule has 6 nitrogen and oxygen atoms in total. The predicted octanol–water partition coefficient (Wildman–Crippen LogP) is 2.42. The molecule has 1 fully saturated rings. The number of anilines is 1. The summed E-state index contributed by atoms with van der Waals surface area (Å²) in [6, 6.07) is 17.0. The normalized spacial score (nSPS) is 20.7. The van der Waals surface area contributed by atoms with Crippen molar-refractivity contribution in [1.29, 1.82) is 0 Å². The Morgan fingerprint density at radius 1 is 1.00 bits per heavy atom. The van der Waals surface area contributed by atoms with Gasteiger partial charge in [-0.05, 0) is 43.3 Å². The lowest BCUT2D eigenvalue weighted by molar-refractivity contribution is 0.214. The second kappa shape index (κ2) is 6.36. The molecule has 114 valence electrons. The highest BCUT2D eigenvalue weighted by molar-refractivity contribution is 5.75. The van der Waals surface area contributed by atoms with Crippen molar-refractivity contribution in [1.82, 2.24) is 16.2 Å². The molecule has 0 radical (unpaired) electrons. The monoisotopic (exact) mass is 298 g/mol. The molecule has 6 heteroatoms. The highest BCUT2D eigenvalue weighted by atomic mass is 16.5. The molecule has 2 aromatic rings. The molecule has 0 aromatic heterocycles. The average Bonchev–Trinajstić information content (AvgIpc) is 2.54. The van der Waals surface area contributed by atoms with Crippen LogP contribution in [0.4, 0.5) is 10.5 Å². The number of hydrazine groups is 1. The van der Waals surface area contributed by atoms with Gasteiger partial charge in [0.25, 0.3) is 0 Å². The van der Waals surface area contributed by atoms with Crippen LogP contribution in [-0.4, -0.2) is 18.2 Å². The molecule has 0 spiro atoms. The number of amides is 2. The van der Waals surface area contributed by atoms with E-state index in [-0.39, 0.29) is 18.2 Å². The largest absolute Gasteiger partial charge is 0.457 e. The lowest BCUT2D eigenvalue weighted by atomic mass is 10.2. The zero-order chi connectivity index (χ0) is 15.4. The third-order valence-electron chi connectivity index (χ3n) is 3.36. The van der Waals surface area contributed by atoms with Gasteiger partial charge in [-0.25, -0.2) is 10.2 Å². The molecule has 3 rings (SSSR count). The van der Waals surface area contributed by atoms with Gasteiger partial charge in [-0.15, -0.1) is 0 Å². The summed E-state index contributed by atoms with van der Waals surface area (Å²) in [6.07, 6.45) is -0.186. The Hall–Kier alpha value is -2.73. The van der Waals surface area contributed by atoms with E-state index < -0.39 is 0 Å². The van der Waals surface area contributed by atoms with Crippen molar-refractivity contribution in [2.24, 2.45) is 0 Å². The zero-order valence-corrected chi connectivity index (χ0v) is 12.2. The molecule has 4 N–H and O–H groups in total. The Kier molecular flexibility index (Phi) is 4.11. The van der Waals surface area contributed by atoms with Crippen molar-refractivity contribution >= 4 is 11.7 Å². The molecule has 2 amide bonds. The van der Waals surface area contributed by atoms with Crippen LogP contribution in [0.1, 0.15) is 6.92 Å². The third-order valence-corrected chi connectivity index (χ3v) is 3.36. The number of benzene rings is 2. The predicted molar refractivity (Wildman–Crippen MR) is 84.6 cm³/mol. The molecule has 1 heterocycles. The van der Waals surface area contributed by atoms with Crippen LogP contribution in [-0.2, 0) is 0 Å². The Bertz CT molecular complexity index is 630. The van der Waals surface area contributed by atoms with Crippen molar-refractivity contribution in [3.8, 4) is 11.5 Å². The highest BCUT2D eigenvalue weighted by Gasteiger charge is 2.24. The van der Waals surface area contributed by atoms with Crippen LogP contribution < -0.4 is 26.2 Å². The van der Waals surface area contributed by atoms with E-state index in [4.69, 9.17) is 4.74 Å². The van der Waals surface area contributed by atoms with Crippen LogP contribution in [0, 0.1) is 0 Å². The molecule has 2 atom stereocenters. The molecule has 1 saturated heterocycles. The minimum Gasteiger partial charge on any atom is -0.457 e. The van der Waals surface area contributed by atoms with Gasteiger partial charge in [0.05, 0.1) is 6.04 Å². The van der Waals surface area contributed by atoms with E-state index in [0.717, 1.165) is 17.2 Å². The fraction of sp³-hybridized carbons (Fsp3) is 0.188. The van der Waals surface area contributed by atoms with Crippen molar-refractivity contribution in [3.63, 3.8) is 0 Å². The van der Waals surface area contributed by atoms with Gasteiger partial charge in [-0.2, -0.15) is 0 Å². The van der Waals surface area contributed by atoms with Gasteiger partial charge >= 0.3 is 6.03 Å². The number of carbonyl (C=O) groups excluding carboxylic acids is 1. The number of para-hydroxylation sites is 1. The van der Waals surface area contributed by atoms with E-state index in [1.807, 2.05) is 61.5 Å². The summed E-state index contributed by atoms with van der Waals surface area (Å²) in [5.41, 5.74) is 6.32. The van der Waals surface area contributed by atoms with E-state index in [1.165, 1.54) is 0 Å². The number of ether oxygens (including phenoxy) is 1. The van der Waals surface area contributed by atoms with Gasteiger partial charge in [0.1, 0.15) is 17.7 Å². The van der Waals surface area contributed by atoms with Gasteiger partial charge in [-0.1, -0.05) is 18.2 Å². The summed E-state index contributed by atoms with van der Waals surface area (Å²) >= 11 is 0. The minimum absolute atomic E-state index is 0.0537. The van der Waals surface area contributed by atoms with Crippen LogP contribution in [0.2, 0.25) is 0 Å². The van der Waals surface area contributed by atoms with E-state index >= 15 is 0 Å². The van der Waals surface area contributed by atoms with E-state index in [9.17, 15) is 4.79 Å². The SMILES string of the molecule is CC1NNC(=O)NC1Nc1ccc(Oc2ccccc2)cc1. The second-order valence-corrected chi connectivity index (χ2v) is 5.09. The minimum atomic E-state index is -0.250.